The summed E-state index contributed by atoms with van der Waals surface area (Å²) in [6, 6.07) is 8.32. The van der Waals surface area contributed by atoms with Gasteiger partial charge in [0.15, 0.2) is 0 Å². The summed E-state index contributed by atoms with van der Waals surface area (Å²) in [4.78, 5) is 22.7. The number of amides is 3. The zero-order valence-corrected chi connectivity index (χ0v) is 11.4. The van der Waals surface area contributed by atoms with E-state index in [0.717, 1.165) is 10.6 Å². The monoisotopic (exact) mass is 290 g/mol. The normalized spacial score (nSPS) is 10.0. The molecule has 1 aromatic heterocycles. The maximum Gasteiger partial charge on any atom is 0.316 e. The maximum atomic E-state index is 11.0. The molecule has 2 rings (SSSR count). The Morgan fingerprint density at radius 2 is 1.75 bits per heavy atom. The average molecular weight is 290 g/mol. The van der Waals surface area contributed by atoms with Gasteiger partial charge in [0.25, 0.3) is 0 Å². The molecule has 1 heterocycles. The minimum absolute atomic E-state index is 0.422. The first-order chi connectivity index (χ1) is 9.54. The summed E-state index contributed by atoms with van der Waals surface area (Å²) in [5, 5.41) is 7.43. The fourth-order valence-corrected chi connectivity index (χ4v) is 2.42. The van der Waals surface area contributed by atoms with Crippen molar-refractivity contribution in [2.75, 3.05) is 10.6 Å². The molecule has 0 unspecified atom stereocenters. The summed E-state index contributed by atoms with van der Waals surface area (Å²) >= 11 is 1.47. The molecule has 0 aliphatic rings. The van der Waals surface area contributed by atoms with Crippen LogP contribution in [-0.2, 0) is 6.54 Å². The highest BCUT2D eigenvalue weighted by Gasteiger charge is 2.04. The highest BCUT2D eigenvalue weighted by molar-refractivity contribution is 7.10. The van der Waals surface area contributed by atoms with Crippen LogP contribution in [0.15, 0.2) is 35.7 Å². The van der Waals surface area contributed by atoms with Crippen molar-refractivity contribution in [1.82, 2.24) is 0 Å². The summed E-state index contributed by atoms with van der Waals surface area (Å²) in [6.07, 6.45) is 0. The minimum atomic E-state index is -0.594. The highest BCUT2D eigenvalue weighted by atomic mass is 32.1. The van der Waals surface area contributed by atoms with Crippen LogP contribution in [0.5, 0.6) is 0 Å². The molecule has 2 aromatic rings. The lowest BCUT2D eigenvalue weighted by atomic mass is 10.2. The number of urea groups is 1. The number of hydrogen-bond donors (Lipinski definition) is 4. The number of nitrogens with one attached hydrogen (secondary N) is 2. The van der Waals surface area contributed by atoms with E-state index in [0.29, 0.717) is 17.8 Å². The van der Waals surface area contributed by atoms with Gasteiger partial charge in [-0.2, -0.15) is 0 Å². The Balaban J connectivity index is 1.93. The summed E-state index contributed by atoms with van der Waals surface area (Å²) < 4.78 is 0. The Hall–Kier alpha value is -2.54. The van der Waals surface area contributed by atoms with E-state index in [4.69, 9.17) is 11.5 Å². The van der Waals surface area contributed by atoms with Crippen LogP contribution in [0.1, 0.15) is 15.2 Å². The van der Waals surface area contributed by atoms with Gasteiger partial charge >= 0.3 is 6.03 Å². The van der Waals surface area contributed by atoms with Gasteiger partial charge in [-0.25, -0.2) is 4.79 Å². The summed E-state index contributed by atoms with van der Waals surface area (Å²) in [5.41, 5.74) is 12.3. The van der Waals surface area contributed by atoms with E-state index in [1.165, 1.54) is 11.3 Å². The first-order valence-corrected chi connectivity index (χ1v) is 6.70. The molecule has 0 bridgehead atoms. The van der Waals surface area contributed by atoms with Gasteiger partial charge in [-0.1, -0.05) is 0 Å². The first-order valence-electron chi connectivity index (χ1n) is 5.82. The van der Waals surface area contributed by atoms with Crippen molar-refractivity contribution in [1.29, 1.82) is 0 Å². The molecule has 0 saturated carbocycles. The second-order valence-corrected chi connectivity index (χ2v) is 5.08. The molecule has 7 heteroatoms. The number of nitrogens with two attached hydrogens (primary N) is 2. The molecule has 6 N–H and O–H groups in total. The Kier molecular flexibility index (Phi) is 4.21. The van der Waals surface area contributed by atoms with Crippen LogP contribution < -0.4 is 22.1 Å². The van der Waals surface area contributed by atoms with Crippen molar-refractivity contribution >= 4 is 34.6 Å². The van der Waals surface area contributed by atoms with Crippen LogP contribution in [0.2, 0.25) is 0 Å². The predicted molar refractivity (Wildman–Crippen MR) is 79.8 cm³/mol. The van der Waals surface area contributed by atoms with Gasteiger partial charge in [0.2, 0.25) is 5.91 Å². The molecule has 104 valence electrons. The minimum Gasteiger partial charge on any atom is -0.380 e. The molecule has 6 nitrogen and oxygen atoms in total. The van der Waals surface area contributed by atoms with Gasteiger partial charge in [0.1, 0.15) is 0 Å². The van der Waals surface area contributed by atoms with Crippen LogP contribution in [-0.4, -0.2) is 11.9 Å². The van der Waals surface area contributed by atoms with Crippen molar-refractivity contribution < 1.29 is 9.59 Å². The Labute approximate surface area is 119 Å². The number of carbonyl (C=O) groups is 2. The van der Waals surface area contributed by atoms with E-state index in [1.54, 1.807) is 23.6 Å². The van der Waals surface area contributed by atoms with E-state index in [1.807, 2.05) is 12.1 Å². The lowest BCUT2D eigenvalue weighted by Crippen LogP contribution is -2.19. The van der Waals surface area contributed by atoms with Crippen molar-refractivity contribution in [2.45, 2.75) is 6.54 Å². The highest BCUT2D eigenvalue weighted by Crippen LogP contribution is 2.18. The molecule has 0 atom stereocenters. The van der Waals surface area contributed by atoms with Crippen molar-refractivity contribution in [3.8, 4) is 0 Å². The van der Waals surface area contributed by atoms with Crippen molar-refractivity contribution in [3.05, 3.63) is 46.2 Å². The molecular formula is C13H14N4O2S. The summed E-state index contributed by atoms with van der Waals surface area (Å²) in [7, 11) is 0. The average Bonchev–Trinajstić information content (AvgIpc) is 2.86. The lowest BCUT2D eigenvalue weighted by molar-refractivity contribution is 0.100. The largest absolute Gasteiger partial charge is 0.380 e. The van der Waals surface area contributed by atoms with Gasteiger partial charge < -0.3 is 22.1 Å². The molecule has 0 spiro atoms. The van der Waals surface area contributed by atoms with Gasteiger partial charge in [-0.05, 0) is 30.3 Å². The quantitative estimate of drug-likeness (QED) is 0.675. The van der Waals surface area contributed by atoms with E-state index in [2.05, 4.69) is 10.6 Å². The molecule has 3 amide bonds. The smallest absolute Gasteiger partial charge is 0.316 e. The number of anilines is 2. The van der Waals surface area contributed by atoms with E-state index in [-0.39, 0.29) is 0 Å². The van der Waals surface area contributed by atoms with Crippen molar-refractivity contribution in [3.63, 3.8) is 0 Å². The standard InChI is InChI=1S/C13H14N4O2S/c14-12(18)8-5-11(20-7-8)6-16-9-1-3-10(4-2-9)17-13(15)19/h1-5,7,16H,6H2,(H2,14,18)(H3,15,17,19). The second-order valence-electron chi connectivity index (χ2n) is 4.09. The van der Waals surface area contributed by atoms with Crippen LogP contribution in [0.4, 0.5) is 16.2 Å². The molecule has 0 aliphatic heterocycles. The van der Waals surface area contributed by atoms with Gasteiger partial charge in [0, 0.05) is 28.2 Å². The zero-order chi connectivity index (χ0) is 14.5. The van der Waals surface area contributed by atoms with E-state index < -0.39 is 11.9 Å². The van der Waals surface area contributed by atoms with E-state index in [9.17, 15) is 9.59 Å². The number of carbonyl (C=O) groups excluding carboxylic acids is 2. The zero-order valence-electron chi connectivity index (χ0n) is 10.6. The molecule has 0 fully saturated rings. The molecule has 20 heavy (non-hydrogen) atoms. The number of thiophene rings is 1. The third kappa shape index (κ3) is 3.72. The van der Waals surface area contributed by atoms with Gasteiger partial charge in [-0.3, -0.25) is 4.79 Å². The number of hydrogen-bond acceptors (Lipinski definition) is 4. The van der Waals surface area contributed by atoms with Crippen molar-refractivity contribution in [2.24, 2.45) is 11.5 Å². The molecule has 0 radical (unpaired) electrons. The Morgan fingerprint density at radius 3 is 2.30 bits per heavy atom. The SMILES string of the molecule is NC(=O)Nc1ccc(NCc2cc(C(N)=O)cs2)cc1. The number of rotatable bonds is 5. The molecule has 0 saturated heterocycles. The fourth-order valence-electron chi connectivity index (χ4n) is 1.61. The van der Waals surface area contributed by atoms with Crippen LogP contribution in [0, 0.1) is 0 Å². The number of benzene rings is 1. The Bertz CT molecular complexity index is 622. The van der Waals surface area contributed by atoms with Gasteiger partial charge in [-0.15, -0.1) is 11.3 Å². The second kappa shape index (κ2) is 6.07. The number of primary amides is 2. The third-order valence-corrected chi connectivity index (χ3v) is 3.49. The maximum absolute atomic E-state index is 11.0. The molecule has 0 aliphatic carbocycles. The molecule has 1 aromatic carbocycles. The van der Waals surface area contributed by atoms with E-state index >= 15 is 0 Å². The lowest BCUT2D eigenvalue weighted by Gasteiger charge is -2.06. The first kappa shape index (κ1) is 13.9. The predicted octanol–water partition coefficient (Wildman–Crippen LogP) is 1.95. The molecular weight excluding hydrogens is 276 g/mol. The van der Waals surface area contributed by atoms with Crippen LogP contribution >= 0.6 is 11.3 Å². The third-order valence-electron chi connectivity index (χ3n) is 2.56. The van der Waals surface area contributed by atoms with Crippen LogP contribution in [0.25, 0.3) is 0 Å². The topological polar surface area (TPSA) is 110 Å². The summed E-state index contributed by atoms with van der Waals surface area (Å²) in [6.45, 7) is 0.598. The summed E-state index contributed by atoms with van der Waals surface area (Å²) in [5.74, 6) is -0.422. The van der Waals surface area contributed by atoms with Gasteiger partial charge in [0.05, 0.1) is 5.56 Å². The Morgan fingerprint density at radius 1 is 1.10 bits per heavy atom. The van der Waals surface area contributed by atoms with Crippen LogP contribution in [0.3, 0.4) is 0 Å². The fraction of sp³-hybridized carbons (Fsp3) is 0.0769.